The van der Waals surface area contributed by atoms with Gasteiger partial charge in [-0.2, -0.15) is 0 Å². The van der Waals surface area contributed by atoms with E-state index in [0.29, 0.717) is 19.1 Å². The van der Waals surface area contributed by atoms with Gasteiger partial charge in [0.1, 0.15) is 24.7 Å². The van der Waals surface area contributed by atoms with Crippen molar-refractivity contribution in [3.05, 3.63) is 65.2 Å². The molecule has 0 spiro atoms. The lowest BCUT2D eigenvalue weighted by Crippen LogP contribution is -2.15. The average molecular weight is 411 g/mol. The fourth-order valence-corrected chi connectivity index (χ4v) is 3.74. The summed E-state index contributed by atoms with van der Waals surface area (Å²) in [6.07, 6.45) is 5.28. The van der Waals surface area contributed by atoms with Gasteiger partial charge in [-0.3, -0.25) is 0 Å². The van der Waals surface area contributed by atoms with Crippen LogP contribution >= 0.6 is 0 Å². The highest BCUT2D eigenvalue weighted by molar-refractivity contribution is 5.68. The number of aliphatic hydroxyl groups excluding tert-OH is 1. The second-order valence-corrected chi connectivity index (χ2v) is 8.27. The molecule has 0 radical (unpaired) electrons. The second kappa shape index (κ2) is 10.6. The summed E-state index contributed by atoms with van der Waals surface area (Å²) in [7, 11) is 1.70. The van der Waals surface area contributed by atoms with Crippen molar-refractivity contribution in [1.82, 2.24) is 0 Å². The van der Waals surface area contributed by atoms with Gasteiger partial charge in [-0.25, -0.2) is 0 Å². The number of benzene rings is 2. The number of aliphatic hydroxyl groups is 1. The quantitative estimate of drug-likeness (QED) is 0.591. The topological polar surface area (TPSA) is 47.9 Å². The Morgan fingerprint density at radius 1 is 1.03 bits per heavy atom. The Morgan fingerprint density at radius 2 is 1.80 bits per heavy atom. The van der Waals surface area contributed by atoms with Crippen molar-refractivity contribution < 1.29 is 19.3 Å². The minimum Gasteiger partial charge on any atom is -0.491 e. The molecule has 3 rings (SSSR count). The lowest BCUT2D eigenvalue weighted by atomic mass is 9.82. The van der Waals surface area contributed by atoms with Crippen LogP contribution < -0.4 is 9.47 Å². The molecule has 0 saturated heterocycles. The van der Waals surface area contributed by atoms with Crippen molar-refractivity contribution in [2.24, 2.45) is 0 Å². The minimum atomic E-state index is -0.461. The zero-order valence-corrected chi connectivity index (χ0v) is 18.6. The van der Waals surface area contributed by atoms with Crippen molar-refractivity contribution in [2.75, 3.05) is 20.3 Å². The summed E-state index contributed by atoms with van der Waals surface area (Å²) in [4.78, 5) is 0. The van der Waals surface area contributed by atoms with Crippen LogP contribution in [0.2, 0.25) is 0 Å². The Hall–Kier alpha value is -2.30. The summed E-state index contributed by atoms with van der Waals surface area (Å²) in [6.45, 7) is 6.67. The molecule has 4 heteroatoms. The van der Waals surface area contributed by atoms with Crippen LogP contribution in [0.3, 0.4) is 0 Å². The standard InChI is InChI=1S/C26H34O4/c1-18-15-24(11-14-26(18)30-16-19(2)27)23-7-5-21(6-8-23)22-9-12-25(13-10-22)29-17-20(3)28-4/h7,9-15,19-21,27H,5-6,8,16-17H2,1-4H3. The van der Waals surface area contributed by atoms with Crippen LogP contribution in [0.15, 0.2) is 48.5 Å². The van der Waals surface area contributed by atoms with Gasteiger partial charge in [0.2, 0.25) is 0 Å². The normalized spacial score (nSPS) is 18.4. The molecular weight excluding hydrogens is 376 g/mol. The highest BCUT2D eigenvalue weighted by atomic mass is 16.5. The number of allylic oxidation sites excluding steroid dienone is 2. The number of hydrogen-bond acceptors (Lipinski definition) is 4. The van der Waals surface area contributed by atoms with Crippen molar-refractivity contribution in [2.45, 2.75) is 58.2 Å². The van der Waals surface area contributed by atoms with Crippen LogP contribution in [0, 0.1) is 6.92 Å². The van der Waals surface area contributed by atoms with Crippen LogP contribution in [-0.2, 0) is 4.74 Å². The molecule has 4 nitrogen and oxygen atoms in total. The largest absolute Gasteiger partial charge is 0.491 e. The van der Waals surface area contributed by atoms with E-state index in [1.807, 2.05) is 13.0 Å². The predicted octanol–water partition coefficient (Wildman–Crippen LogP) is 5.52. The SMILES string of the molecule is COC(C)COc1ccc(C2CC=C(c3ccc(OCC(C)O)c(C)c3)CC2)cc1. The van der Waals surface area contributed by atoms with E-state index >= 15 is 0 Å². The van der Waals surface area contributed by atoms with Crippen LogP contribution in [0.5, 0.6) is 11.5 Å². The monoisotopic (exact) mass is 410 g/mol. The molecule has 0 aliphatic heterocycles. The molecule has 3 unspecified atom stereocenters. The van der Waals surface area contributed by atoms with E-state index in [2.05, 4.69) is 49.4 Å². The zero-order valence-electron chi connectivity index (χ0n) is 18.6. The molecule has 3 atom stereocenters. The number of rotatable bonds is 9. The highest BCUT2D eigenvalue weighted by Crippen LogP contribution is 2.37. The Kier molecular flexibility index (Phi) is 7.94. The minimum absolute atomic E-state index is 0.0917. The maximum Gasteiger partial charge on any atom is 0.122 e. The smallest absolute Gasteiger partial charge is 0.122 e. The lowest BCUT2D eigenvalue weighted by Gasteiger charge is -2.23. The van der Waals surface area contributed by atoms with Gasteiger partial charge in [-0.15, -0.1) is 0 Å². The molecular formula is C26H34O4. The number of aryl methyl sites for hydroxylation is 1. The maximum atomic E-state index is 9.41. The molecule has 0 bridgehead atoms. The fourth-order valence-electron chi connectivity index (χ4n) is 3.74. The summed E-state index contributed by atoms with van der Waals surface area (Å²) >= 11 is 0. The first-order valence-corrected chi connectivity index (χ1v) is 10.8. The first-order valence-electron chi connectivity index (χ1n) is 10.8. The zero-order chi connectivity index (χ0) is 21.5. The second-order valence-electron chi connectivity index (χ2n) is 8.27. The summed E-state index contributed by atoms with van der Waals surface area (Å²) < 4.78 is 16.7. The van der Waals surface area contributed by atoms with E-state index in [1.54, 1.807) is 14.0 Å². The van der Waals surface area contributed by atoms with Gasteiger partial charge < -0.3 is 19.3 Å². The van der Waals surface area contributed by atoms with E-state index in [-0.39, 0.29) is 6.10 Å². The third-order valence-electron chi connectivity index (χ3n) is 5.68. The Bertz CT molecular complexity index is 839. The van der Waals surface area contributed by atoms with E-state index in [9.17, 15) is 5.11 Å². The number of hydrogen-bond donors (Lipinski definition) is 1. The number of ether oxygens (including phenoxy) is 3. The van der Waals surface area contributed by atoms with Crippen molar-refractivity contribution in [3.63, 3.8) is 0 Å². The van der Waals surface area contributed by atoms with Gasteiger partial charge in [0.05, 0.1) is 12.2 Å². The first kappa shape index (κ1) is 22.4. The van der Waals surface area contributed by atoms with Gasteiger partial charge in [-0.05, 0) is 92.5 Å². The summed E-state index contributed by atoms with van der Waals surface area (Å²) in [5, 5.41) is 9.41. The molecule has 2 aromatic rings. The van der Waals surface area contributed by atoms with Crippen LogP contribution in [0.4, 0.5) is 0 Å². The molecule has 30 heavy (non-hydrogen) atoms. The van der Waals surface area contributed by atoms with E-state index < -0.39 is 6.10 Å². The molecule has 0 amide bonds. The molecule has 2 aromatic carbocycles. The maximum absolute atomic E-state index is 9.41. The summed E-state index contributed by atoms with van der Waals surface area (Å²) in [5.41, 5.74) is 5.15. The van der Waals surface area contributed by atoms with Gasteiger partial charge in [0.25, 0.3) is 0 Å². The Balaban J connectivity index is 1.59. The summed E-state index contributed by atoms with van der Waals surface area (Å²) in [5.74, 6) is 2.29. The fraction of sp³-hybridized carbons (Fsp3) is 0.462. The highest BCUT2D eigenvalue weighted by Gasteiger charge is 2.18. The van der Waals surface area contributed by atoms with E-state index in [0.717, 1.165) is 36.3 Å². The average Bonchev–Trinajstić information content (AvgIpc) is 2.77. The van der Waals surface area contributed by atoms with Crippen molar-refractivity contribution in [3.8, 4) is 11.5 Å². The van der Waals surface area contributed by atoms with E-state index in [1.165, 1.54) is 16.7 Å². The third kappa shape index (κ3) is 6.10. The third-order valence-corrected chi connectivity index (χ3v) is 5.68. The lowest BCUT2D eigenvalue weighted by molar-refractivity contribution is 0.0716. The molecule has 1 N–H and O–H groups in total. The van der Waals surface area contributed by atoms with Crippen LogP contribution in [-0.4, -0.2) is 37.6 Å². The van der Waals surface area contributed by atoms with Crippen molar-refractivity contribution >= 4 is 5.57 Å². The Morgan fingerprint density at radius 3 is 2.40 bits per heavy atom. The summed E-state index contributed by atoms with van der Waals surface area (Å²) in [6, 6.07) is 14.8. The predicted molar refractivity (Wildman–Crippen MR) is 121 cm³/mol. The number of methoxy groups -OCH3 is 1. The van der Waals surface area contributed by atoms with Crippen LogP contribution in [0.25, 0.3) is 5.57 Å². The molecule has 1 aliphatic rings. The molecule has 1 aliphatic carbocycles. The Labute approximate surface area is 180 Å². The molecule has 0 saturated carbocycles. The molecule has 162 valence electrons. The molecule has 0 aromatic heterocycles. The van der Waals surface area contributed by atoms with Gasteiger partial charge >= 0.3 is 0 Å². The van der Waals surface area contributed by atoms with Crippen molar-refractivity contribution in [1.29, 1.82) is 0 Å². The van der Waals surface area contributed by atoms with Crippen LogP contribution in [0.1, 0.15) is 55.7 Å². The van der Waals surface area contributed by atoms with Gasteiger partial charge in [-0.1, -0.05) is 24.3 Å². The molecule has 0 fully saturated rings. The van der Waals surface area contributed by atoms with E-state index in [4.69, 9.17) is 14.2 Å². The van der Waals surface area contributed by atoms with Gasteiger partial charge in [0.15, 0.2) is 0 Å². The van der Waals surface area contributed by atoms with Gasteiger partial charge in [0, 0.05) is 7.11 Å². The first-order chi connectivity index (χ1) is 14.5. The molecule has 0 heterocycles.